The van der Waals surface area contributed by atoms with Crippen LogP contribution in [0.25, 0.3) is 0 Å². The summed E-state index contributed by atoms with van der Waals surface area (Å²) in [6.07, 6.45) is 0. The van der Waals surface area contributed by atoms with Gasteiger partial charge in [0, 0.05) is 10.6 Å². The van der Waals surface area contributed by atoms with E-state index in [4.69, 9.17) is 21.4 Å². The van der Waals surface area contributed by atoms with Crippen LogP contribution in [-0.2, 0) is 6.61 Å². The fourth-order valence-electron chi connectivity index (χ4n) is 1.61. The van der Waals surface area contributed by atoms with Crippen molar-refractivity contribution in [1.82, 2.24) is 0 Å². The van der Waals surface area contributed by atoms with Crippen molar-refractivity contribution in [3.63, 3.8) is 0 Å². The lowest BCUT2D eigenvalue weighted by atomic mass is 10.1. The van der Waals surface area contributed by atoms with Crippen molar-refractivity contribution in [2.75, 3.05) is 0 Å². The molecule has 2 aromatic carbocycles. The zero-order chi connectivity index (χ0) is 13.8. The molecule has 0 amide bonds. The van der Waals surface area contributed by atoms with Gasteiger partial charge in [0.2, 0.25) is 0 Å². The Bertz CT molecular complexity index is 610. The Hall–Kier alpha value is -2.20. The summed E-state index contributed by atoms with van der Waals surface area (Å²) in [7, 11) is 0. The van der Waals surface area contributed by atoms with E-state index in [1.807, 2.05) is 0 Å². The van der Waals surface area contributed by atoms with Gasteiger partial charge in [-0.2, -0.15) is 0 Å². The molecule has 0 fully saturated rings. The fourth-order valence-corrected chi connectivity index (χ4v) is 1.78. The summed E-state index contributed by atoms with van der Waals surface area (Å²) in [4.78, 5) is 11.1. The molecular weight excluding hydrogens is 268 g/mol. The third-order valence-electron chi connectivity index (χ3n) is 2.55. The van der Waals surface area contributed by atoms with Crippen molar-refractivity contribution in [3.8, 4) is 11.5 Å². The zero-order valence-electron chi connectivity index (χ0n) is 9.84. The van der Waals surface area contributed by atoms with Crippen LogP contribution in [0.1, 0.15) is 15.9 Å². The Balaban J connectivity index is 2.20. The molecule has 98 valence electrons. The van der Waals surface area contributed by atoms with Crippen molar-refractivity contribution >= 4 is 17.6 Å². The summed E-state index contributed by atoms with van der Waals surface area (Å²) in [6.45, 7) is 0.0381. The predicted molar refractivity (Wildman–Crippen MR) is 70.9 cm³/mol. The molecule has 5 heteroatoms. The minimum atomic E-state index is -1.07. The maximum Gasteiger partial charge on any atom is 0.336 e. The quantitative estimate of drug-likeness (QED) is 0.900. The molecular formula is C14H11ClO4. The van der Waals surface area contributed by atoms with E-state index in [9.17, 15) is 9.90 Å². The van der Waals surface area contributed by atoms with Gasteiger partial charge in [0.15, 0.2) is 11.5 Å². The van der Waals surface area contributed by atoms with Crippen LogP contribution in [0.3, 0.4) is 0 Å². The fraction of sp³-hybridized carbons (Fsp3) is 0.0714. The summed E-state index contributed by atoms with van der Waals surface area (Å²) < 4.78 is 5.40. The Morgan fingerprint density at radius 1 is 1.21 bits per heavy atom. The number of halogens is 1. The maximum absolute atomic E-state index is 11.1. The zero-order valence-corrected chi connectivity index (χ0v) is 10.6. The molecule has 0 aliphatic heterocycles. The maximum atomic E-state index is 11.1. The summed E-state index contributed by atoms with van der Waals surface area (Å²) in [5.41, 5.74) is 0.572. The molecule has 0 aliphatic carbocycles. The molecule has 0 bridgehead atoms. The molecule has 19 heavy (non-hydrogen) atoms. The predicted octanol–water partition coefficient (Wildman–Crippen LogP) is 3.32. The lowest BCUT2D eigenvalue weighted by Gasteiger charge is -2.10. The number of benzene rings is 2. The molecule has 0 saturated carbocycles. The van der Waals surface area contributed by atoms with Crippen molar-refractivity contribution in [2.45, 2.75) is 6.61 Å². The van der Waals surface area contributed by atoms with Crippen LogP contribution in [0.4, 0.5) is 0 Å². The number of carbonyl (C=O) groups is 1. The number of para-hydroxylation sites is 2. The van der Waals surface area contributed by atoms with Gasteiger partial charge in [0.05, 0.1) is 5.56 Å². The second kappa shape index (κ2) is 5.63. The highest BCUT2D eigenvalue weighted by molar-refractivity contribution is 6.30. The van der Waals surface area contributed by atoms with Crippen molar-refractivity contribution < 1.29 is 19.7 Å². The van der Waals surface area contributed by atoms with E-state index < -0.39 is 5.97 Å². The number of ether oxygens (including phenoxy) is 1. The first-order chi connectivity index (χ1) is 9.08. The standard InChI is InChI=1S/C14H11ClO4/c15-10-6-5-9(11(7-10)14(17)18)8-19-13-4-2-1-3-12(13)16/h1-7,16H,8H2,(H,17,18). The van der Waals surface area contributed by atoms with Gasteiger partial charge < -0.3 is 14.9 Å². The Morgan fingerprint density at radius 2 is 1.95 bits per heavy atom. The van der Waals surface area contributed by atoms with Gasteiger partial charge in [-0.3, -0.25) is 0 Å². The van der Waals surface area contributed by atoms with Gasteiger partial charge >= 0.3 is 5.97 Å². The van der Waals surface area contributed by atoms with E-state index in [1.165, 1.54) is 12.1 Å². The first-order valence-corrected chi connectivity index (χ1v) is 5.88. The average Bonchev–Trinajstić information content (AvgIpc) is 2.38. The van der Waals surface area contributed by atoms with Gasteiger partial charge in [0.25, 0.3) is 0 Å². The number of rotatable bonds is 4. The number of carboxylic acid groups (broad SMARTS) is 1. The molecule has 2 rings (SSSR count). The highest BCUT2D eigenvalue weighted by atomic mass is 35.5. The minimum Gasteiger partial charge on any atom is -0.504 e. The molecule has 0 spiro atoms. The van der Waals surface area contributed by atoms with E-state index in [1.54, 1.807) is 30.3 Å². The Kier molecular flexibility index (Phi) is 3.92. The molecule has 2 aromatic rings. The van der Waals surface area contributed by atoms with Crippen LogP contribution in [0, 0.1) is 0 Å². The summed E-state index contributed by atoms with van der Waals surface area (Å²) in [5.74, 6) is -0.763. The van der Waals surface area contributed by atoms with E-state index in [0.717, 1.165) is 0 Å². The molecule has 0 heterocycles. The number of hydrogen-bond donors (Lipinski definition) is 2. The molecule has 0 saturated heterocycles. The van der Waals surface area contributed by atoms with Gasteiger partial charge in [-0.05, 0) is 24.3 Å². The van der Waals surface area contributed by atoms with Crippen LogP contribution in [-0.4, -0.2) is 16.2 Å². The monoisotopic (exact) mass is 278 g/mol. The van der Waals surface area contributed by atoms with Crippen molar-refractivity contribution in [3.05, 3.63) is 58.6 Å². The van der Waals surface area contributed by atoms with Gasteiger partial charge in [0.1, 0.15) is 6.61 Å². The number of carboxylic acids is 1. The number of hydrogen-bond acceptors (Lipinski definition) is 3. The summed E-state index contributed by atoms with van der Waals surface area (Å²) >= 11 is 5.76. The van der Waals surface area contributed by atoms with E-state index in [0.29, 0.717) is 16.3 Å². The van der Waals surface area contributed by atoms with Crippen LogP contribution in [0.2, 0.25) is 5.02 Å². The van der Waals surface area contributed by atoms with Crippen molar-refractivity contribution in [1.29, 1.82) is 0 Å². The number of phenolic OH excluding ortho intramolecular Hbond substituents is 1. The van der Waals surface area contributed by atoms with E-state index in [-0.39, 0.29) is 17.9 Å². The number of aromatic hydroxyl groups is 1. The highest BCUT2D eigenvalue weighted by Crippen LogP contribution is 2.26. The Morgan fingerprint density at radius 3 is 2.63 bits per heavy atom. The topological polar surface area (TPSA) is 66.8 Å². The van der Waals surface area contributed by atoms with Crippen LogP contribution < -0.4 is 4.74 Å². The van der Waals surface area contributed by atoms with Crippen LogP contribution in [0.15, 0.2) is 42.5 Å². The molecule has 0 aliphatic rings. The molecule has 0 radical (unpaired) electrons. The molecule has 0 unspecified atom stereocenters. The largest absolute Gasteiger partial charge is 0.504 e. The van der Waals surface area contributed by atoms with Crippen LogP contribution in [0.5, 0.6) is 11.5 Å². The second-order valence-electron chi connectivity index (χ2n) is 3.86. The summed E-state index contributed by atoms with van der Waals surface area (Å²) in [5, 5.41) is 19.0. The average molecular weight is 279 g/mol. The van der Waals surface area contributed by atoms with Gasteiger partial charge in [-0.1, -0.05) is 29.8 Å². The third-order valence-corrected chi connectivity index (χ3v) is 2.79. The lowest BCUT2D eigenvalue weighted by molar-refractivity contribution is 0.0694. The lowest BCUT2D eigenvalue weighted by Crippen LogP contribution is -2.05. The first-order valence-electron chi connectivity index (χ1n) is 5.50. The van der Waals surface area contributed by atoms with Gasteiger partial charge in [-0.25, -0.2) is 4.79 Å². The summed E-state index contributed by atoms with van der Waals surface area (Å²) in [6, 6.07) is 11.0. The normalized spacial score (nSPS) is 10.2. The molecule has 4 nitrogen and oxygen atoms in total. The van der Waals surface area contributed by atoms with Gasteiger partial charge in [-0.15, -0.1) is 0 Å². The minimum absolute atomic E-state index is 0.00772. The smallest absolute Gasteiger partial charge is 0.336 e. The van der Waals surface area contributed by atoms with E-state index >= 15 is 0 Å². The number of phenols is 1. The first kappa shape index (κ1) is 13.2. The molecule has 0 atom stereocenters. The second-order valence-corrected chi connectivity index (χ2v) is 4.30. The SMILES string of the molecule is O=C(O)c1cc(Cl)ccc1COc1ccccc1O. The highest BCUT2D eigenvalue weighted by Gasteiger charge is 2.11. The molecule has 2 N–H and O–H groups in total. The van der Waals surface area contributed by atoms with Crippen LogP contribution >= 0.6 is 11.6 Å². The Labute approximate surface area is 114 Å². The molecule has 0 aromatic heterocycles. The van der Waals surface area contributed by atoms with E-state index in [2.05, 4.69) is 0 Å². The van der Waals surface area contributed by atoms with Crippen molar-refractivity contribution in [2.24, 2.45) is 0 Å². The number of aromatic carboxylic acids is 1. The third kappa shape index (κ3) is 3.17.